The van der Waals surface area contributed by atoms with Gasteiger partial charge in [-0.3, -0.25) is 0 Å². The van der Waals surface area contributed by atoms with Crippen LogP contribution in [0.25, 0.3) is 0 Å². The standard InChI is InChI=1S/C20H42O2/c1-5-6-7-8-9-10-11-12-13-14-15-16-17-18-20(4,22)19(2,3)21/h21-22H,5-18H2,1-4H3. The van der Waals surface area contributed by atoms with E-state index in [2.05, 4.69) is 6.92 Å². The van der Waals surface area contributed by atoms with Crippen molar-refractivity contribution < 1.29 is 10.2 Å². The first-order valence-electron chi connectivity index (χ1n) is 9.76. The van der Waals surface area contributed by atoms with Crippen molar-refractivity contribution in [2.75, 3.05) is 0 Å². The highest BCUT2D eigenvalue weighted by atomic mass is 16.3. The van der Waals surface area contributed by atoms with Gasteiger partial charge in [-0.25, -0.2) is 0 Å². The molecule has 0 aliphatic heterocycles. The zero-order chi connectivity index (χ0) is 16.9. The molecule has 2 nitrogen and oxygen atoms in total. The molecule has 0 aliphatic rings. The van der Waals surface area contributed by atoms with Crippen LogP contribution in [0.3, 0.4) is 0 Å². The van der Waals surface area contributed by atoms with Crippen molar-refractivity contribution in [3.05, 3.63) is 0 Å². The monoisotopic (exact) mass is 314 g/mol. The molecule has 134 valence electrons. The first-order chi connectivity index (χ1) is 10.3. The van der Waals surface area contributed by atoms with Gasteiger partial charge < -0.3 is 10.2 Å². The third-order valence-electron chi connectivity index (χ3n) is 5.09. The lowest BCUT2D eigenvalue weighted by atomic mass is 9.83. The van der Waals surface area contributed by atoms with Gasteiger partial charge in [0.2, 0.25) is 0 Å². The Morgan fingerprint density at radius 3 is 1.18 bits per heavy atom. The van der Waals surface area contributed by atoms with Crippen molar-refractivity contribution in [2.24, 2.45) is 0 Å². The number of unbranched alkanes of at least 4 members (excludes halogenated alkanes) is 12. The molecule has 1 unspecified atom stereocenters. The van der Waals surface area contributed by atoms with Crippen LogP contribution in [0.1, 0.15) is 118 Å². The summed E-state index contributed by atoms with van der Waals surface area (Å²) in [5, 5.41) is 20.1. The van der Waals surface area contributed by atoms with E-state index >= 15 is 0 Å². The van der Waals surface area contributed by atoms with Crippen LogP contribution < -0.4 is 0 Å². The van der Waals surface area contributed by atoms with Crippen LogP contribution in [0.5, 0.6) is 0 Å². The lowest BCUT2D eigenvalue weighted by molar-refractivity contribution is -0.124. The Labute approximate surface area is 139 Å². The van der Waals surface area contributed by atoms with Crippen molar-refractivity contribution in [3.8, 4) is 0 Å². The molecular formula is C20H42O2. The zero-order valence-corrected chi connectivity index (χ0v) is 15.8. The maximum Gasteiger partial charge on any atom is 0.0900 e. The first kappa shape index (κ1) is 21.9. The fourth-order valence-corrected chi connectivity index (χ4v) is 2.79. The minimum absolute atomic E-state index is 0.689. The molecule has 0 saturated heterocycles. The Morgan fingerprint density at radius 1 is 0.545 bits per heavy atom. The summed E-state index contributed by atoms with van der Waals surface area (Å²) in [6.07, 6.45) is 18.0. The highest BCUT2D eigenvalue weighted by Crippen LogP contribution is 2.27. The Hall–Kier alpha value is -0.0800. The molecule has 22 heavy (non-hydrogen) atoms. The second-order valence-corrected chi connectivity index (χ2v) is 7.83. The topological polar surface area (TPSA) is 40.5 Å². The highest BCUT2D eigenvalue weighted by molar-refractivity contribution is 4.89. The van der Waals surface area contributed by atoms with Gasteiger partial charge in [-0.2, -0.15) is 0 Å². The number of hydrogen-bond donors (Lipinski definition) is 2. The van der Waals surface area contributed by atoms with Gasteiger partial charge in [-0.1, -0.05) is 90.4 Å². The average molecular weight is 315 g/mol. The van der Waals surface area contributed by atoms with Crippen LogP contribution in [0.4, 0.5) is 0 Å². The SMILES string of the molecule is CCCCCCCCCCCCCCCC(C)(O)C(C)(C)O. The largest absolute Gasteiger partial charge is 0.387 e. The third-order valence-corrected chi connectivity index (χ3v) is 5.09. The predicted octanol–water partition coefficient (Wildman–Crippen LogP) is 5.99. The average Bonchev–Trinajstić information content (AvgIpc) is 2.42. The maximum atomic E-state index is 10.2. The molecule has 0 rings (SSSR count). The molecule has 0 amide bonds. The van der Waals surface area contributed by atoms with Crippen molar-refractivity contribution in [3.63, 3.8) is 0 Å². The van der Waals surface area contributed by atoms with E-state index in [1.807, 2.05) is 0 Å². The van der Waals surface area contributed by atoms with Gasteiger partial charge in [0.25, 0.3) is 0 Å². The molecule has 0 aromatic carbocycles. The van der Waals surface area contributed by atoms with Crippen molar-refractivity contribution in [1.29, 1.82) is 0 Å². The van der Waals surface area contributed by atoms with Crippen LogP contribution >= 0.6 is 0 Å². The van der Waals surface area contributed by atoms with Crippen molar-refractivity contribution in [1.82, 2.24) is 0 Å². The lowest BCUT2D eigenvalue weighted by Crippen LogP contribution is -2.47. The molecule has 0 heterocycles. The molecule has 0 spiro atoms. The molecule has 0 bridgehead atoms. The molecule has 0 saturated carbocycles. The summed E-state index contributed by atoms with van der Waals surface area (Å²) in [6.45, 7) is 7.39. The molecule has 0 aliphatic carbocycles. The lowest BCUT2D eigenvalue weighted by Gasteiger charge is -2.35. The number of rotatable bonds is 15. The summed E-state index contributed by atoms with van der Waals surface area (Å²) in [6, 6.07) is 0. The molecule has 1 atom stereocenters. The summed E-state index contributed by atoms with van der Waals surface area (Å²) in [4.78, 5) is 0. The van der Waals surface area contributed by atoms with Crippen LogP contribution in [-0.2, 0) is 0 Å². The van der Waals surface area contributed by atoms with E-state index < -0.39 is 11.2 Å². The Bertz CT molecular complexity index is 241. The van der Waals surface area contributed by atoms with E-state index in [9.17, 15) is 10.2 Å². The summed E-state index contributed by atoms with van der Waals surface area (Å²) >= 11 is 0. The normalized spacial score (nSPS) is 15.0. The van der Waals surface area contributed by atoms with E-state index in [4.69, 9.17) is 0 Å². The second kappa shape index (κ2) is 12.4. The molecular weight excluding hydrogens is 272 g/mol. The summed E-state index contributed by atoms with van der Waals surface area (Å²) in [7, 11) is 0. The predicted molar refractivity (Wildman–Crippen MR) is 97.2 cm³/mol. The van der Waals surface area contributed by atoms with Crippen LogP contribution in [0.15, 0.2) is 0 Å². The first-order valence-corrected chi connectivity index (χ1v) is 9.76. The highest BCUT2D eigenvalue weighted by Gasteiger charge is 2.36. The van der Waals surface area contributed by atoms with E-state index in [0.29, 0.717) is 6.42 Å². The minimum atomic E-state index is -1.01. The Morgan fingerprint density at radius 2 is 0.864 bits per heavy atom. The van der Waals surface area contributed by atoms with E-state index in [1.54, 1.807) is 20.8 Å². The van der Waals surface area contributed by atoms with Gasteiger partial charge in [0.1, 0.15) is 0 Å². The van der Waals surface area contributed by atoms with E-state index in [0.717, 1.165) is 6.42 Å². The van der Waals surface area contributed by atoms with Gasteiger partial charge in [-0.05, 0) is 27.2 Å². The van der Waals surface area contributed by atoms with Crippen LogP contribution in [0, 0.1) is 0 Å². The molecule has 0 aromatic rings. The Balaban J connectivity index is 3.28. The van der Waals surface area contributed by atoms with Gasteiger partial charge in [0.15, 0.2) is 0 Å². The van der Waals surface area contributed by atoms with E-state index in [-0.39, 0.29) is 0 Å². The number of hydrogen-bond acceptors (Lipinski definition) is 2. The fourth-order valence-electron chi connectivity index (χ4n) is 2.79. The van der Waals surface area contributed by atoms with Crippen molar-refractivity contribution >= 4 is 0 Å². The van der Waals surface area contributed by atoms with Gasteiger partial charge in [0.05, 0.1) is 11.2 Å². The summed E-state index contributed by atoms with van der Waals surface area (Å²) < 4.78 is 0. The molecule has 2 heteroatoms. The smallest absolute Gasteiger partial charge is 0.0900 e. The maximum absolute atomic E-state index is 10.2. The van der Waals surface area contributed by atoms with Gasteiger partial charge in [0, 0.05) is 0 Å². The fraction of sp³-hybridized carbons (Fsp3) is 1.00. The third kappa shape index (κ3) is 11.5. The molecule has 0 aromatic heterocycles. The Kier molecular flexibility index (Phi) is 12.3. The minimum Gasteiger partial charge on any atom is -0.387 e. The van der Waals surface area contributed by atoms with Crippen LogP contribution in [-0.4, -0.2) is 21.4 Å². The van der Waals surface area contributed by atoms with Gasteiger partial charge >= 0.3 is 0 Å². The zero-order valence-electron chi connectivity index (χ0n) is 15.8. The number of aliphatic hydroxyl groups is 2. The van der Waals surface area contributed by atoms with Gasteiger partial charge in [-0.15, -0.1) is 0 Å². The molecule has 0 radical (unpaired) electrons. The molecule has 2 N–H and O–H groups in total. The second-order valence-electron chi connectivity index (χ2n) is 7.83. The summed E-state index contributed by atoms with van der Waals surface area (Å²) in [5.41, 5.74) is -1.98. The van der Waals surface area contributed by atoms with Crippen molar-refractivity contribution in [2.45, 2.75) is 129 Å². The van der Waals surface area contributed by atoms with E-state index in [1.165, 1.54) is 77.0 Å². The quantitative estimate of drug-likeness (QED) is 0.364. The molecule has 0 fully saturated rings. The van der Waals surface area contributed by atoms with Crippen LogP contribution in [0.2, 0.25) is 0 Å². The summed E-state index contributed by atoms with van der Waals surface area (Å²) in [5.74, 6) is 0.